The van der Waals surface area contributed by atoms with Gasteiger partial charge in [0.15, 0.2) is 0 Å². The number of rotatable bonds is 5. The molecule has 12 heteroatoms. The first-order chi connectivity index (χ1) is 14.4. The van der Waals surface area contributed by atoms with E-state index in [1.165, 1.54) is 31.4 Å². The normalized spacial score (nSPS) is 18.0. The first kappa shape index (κ1) is 22.1. The van der Waals surface area contributed by atoms with E-state index in [0.29, 0.717) is 0 Å². The minimum absolute atomic E-state index is 0.0327. The van der Waals surface area contributed by atoms with Gasteiger partial charge in [-0.05, 0) is 18.1 Å². The molecular weight excluding hydrogens is 421 g/mol. The third-order valence-electron chi connectivity index (χ3n) is 4.77. The van der Waals surface area contributed by atoms with Gasteiger partial charge in [-0.1, -0.05) is 26.0 Å². The van der Waals surface area contributed by atoms with E-state index in [-0.39, 0.29) is 23.8 Å². The van der Waals surface area contributed by atoms with Gasteiger partial charge in [0.25, 0.3) is 22.9 Å². The van der Waals surface area contributed by atoms with Crippen LogP contribution in [0.3, 0.4) is 0 Å². The van der Waals surface area contributed by atoms with Crippen LogP contribution in [0.2, 0.25) is 0 Å². The lowest BCUT2D eigenvalue weighted by Gasteiger charge is -2.30. The molecule has 1 atom stereocenters. The van der Waals surface area contributed by atoms with E-state index < -0.39 is 46.2 Å². The standard InChI is InChI=1S/C19H19F3N4O5/c1-9(2)8-26-13-12(15(28)24-17(26)30)18(16(29)23-13,19(20,21)22)25-14(27)10-6-4-5-7-11(10)31-3/h4-7,9H,8H2,1-3H3,(H,23,29)(H,25,27)(H,24,28,30)/t18-/m0/s1. The van der Waals surface area contributed by atoms with Crippen molar-refractivity contribution in [2.24, 2.45) is 5.92 Å². The minimum Gasteiger partial charge on any atom is -0.496 e. The Morgan fingerprint density at radius 3 is 2.45 bits per heavy atom. The van der Waals surface area contributed by atoms with E-state index in [2.05, 4.69) is 0 Å². The number of anilines is 1. The van der Waals surface area contributed by atoms with Crippen molar-refractivity contribution in [1.29, 1.82) is 0 Å². The molecule has 2 amide bonds. The van der Waals surface area contributed by atoms with Gasteiger partial charge < -0.3 is 15.4 Å². The zero-order valence-electron chi connectivity index (χ0n) is 16.7. The average Bonchev–Trinajstić information content (AvgIpc) is 2.98. The molecule has 2 heterocycles. The summed E-state index contributed by atoms with van der Waals surface area (Å²) in [6.45, 7) is 3.31. The van der Waals surface area contributed by atoms with Crippen molar-refractivity contribution >= 4 is 17.6 Å². The Balaban J connectivity index is 2.26. The third-order valence-corrected chi connectivity index (χ3v) is 4.77. The lowest BCUT2D eigenvalue weighted by atomic mass is 9.91. The van der Waals surface area contributed by atoms with Crippen LogP contribution in [0, 0.1) is 5.92 Å². The quantitative estimate of drug-likeness (QED) is 0.648. The average molecular weight is 440 g/mol. The number of alkyl halides is 3. The van der Waals surface area contributed by atoms with Gasteiger partial charge in [-0.15, -0.1) is 0 Å². The number of carbonyl (C=O) groups excluding carboxylic acids is 2. The Hall–Kier alpha value is -3.57. The van der Waals surface area contributed by atoms with Gasteiger partial charge in [0.2, 0.25) is 0 Å². The SMILES string of the molecule is COc1ccccc1C(=O)N[C@]1(C(F)(F)F)C(=O)Nc2c1c(=O)[nH]c(=O)n2CC(C)C. The number of hydrogen-bond donors (Lipinski definition) is 3. The highest BCUT2D eigenvalue weighted by atomic mass is 19.4. The molecule has 0 spiro atoms. The fourth-order valence-electron chi connectivity index (χ4n) is 3.43. The highest BCUT2D eigenvalue weighted by Gasteiger charge is 2.68. The van der Waals surface area contributed by atoms with Gasteiger partial charge in [0.1, 0.15) is 17.1 Å². The molecule has 0 radical (unpaired) electrons. The van der Waals surface area contributed by atoms with Crippen LogP contribution < -0.4 is 26.6 Å². The lowest BCUT2D eigenvalue weighted by Crippen LogP contribution is -2.62. The summed E-state index contributed by atoms with van der Waals surface area (Å²) in [4.78, 5) is 51.9. The fraction of sp³-hybridized carbons (Fsp3) is 0.368. The number of aromatic nitrogens is 2. The first-order valence-electron chi connectivity index (χ1n) is 9.15. The van der Waals surface area contributed by atoms with Gasteiger partial charge in [0, 0.05) is 6.54 Å². The highest BCUT2D eigenvalue weighted by Crippen LogP contribution is 2.45. The van der Waals surface area contributed by atoms with Crippen LogP contribution >= 0.6 is 0 Å². The lowest BCUT2D eigenvalue weighted by molar-refractivity contribution is -0.196. The molecule has 1 aliphatic heterocycles. The number of nitrogens with one attached hydrogen (secondary N) is 3. The van der Waals surface area contributed by atoms with Crippen LogP contribution in [0.1, 0.15) is 29.8 Å². The Labute approximate surface area is 173 Å². The second-order valence-corrected chi connectivity index (χ2v) is 7.34. The summed E-state index contributed by atoms with van der Waals surface area (Å²) in [6, 6.07) is 5.45. The van der Waals surface area contributed by atoms with Crippen LogP contribution in [0.15, 0.2) is 33.9 Å². The number of nitrogens with zero attached hydrogens (tertiary/aromatic N) is 1. The van der Waals surface area contributed by atoms with Gasteiger partial charge in [-0.2, -0.15) is 13.2 Å². The number of hydrogen-bond acceptors (Lipinski definition) is 5. The second kappa shape index (κ2) is 7.60. The zero-order valence-corrected chi connectivity index (χ0v) is 16.7. The number of para-hydroxylation sites is 1. The van der Waals surface area contributed by atoms with Crippen LogP contribution in [-0.4, -0.2) is 34.7 Å². The predicted octanol–water partition coefficient (Wildman–Crippen LogP) is 1.34. The molecule has 9 nitrogen and oxygen atoms in total. The smallest absolute Gasteiger partial charge is 0.425 e. The van der Waals surface area contributed by atoms with Crippen LogP contribution in [-0.2, 0) is 16.9 Å². The molecule has 0 saturated carbocycles. The van der Waals surface area contributed by atoms with E-state index >= 15 is 0 Å². The molecule has 1 aromatic heterocycles. The first-order valence-corrected chi connectivity index (χ1v) is 9.15. The predicted molar refractivity (Wildman–Crippen MR) is 103 cm³/mol. The second-order valence-electron chi connectivity index (χ2n) is 7.34. The van der Waals surface area contributed by atoms with E-state index in [0.717, 1.165) is 4.57 Å². The van der Waals surface area contributed by atoms with Crippen molar-refractivity contribution in [3.05, 3.63) is 56.2 Å². The molecule has 0 fully saturated rings. The maximum Gasteiger partial charge on any atom is 0.425 e. The number of fused-ring (bicyclic) bond motifs is 1. The van der Waals surface area contributed by atoms with Crippen molar-refractivity contribution in [2.75, 3.05) is 12.4 Å². The molecular formula is C19H19F3N4O5. The number of ether oxygens (including phenoxy) is 1. The van der Waals surface area contributed by atoms with E-state index in [9.17, 15) is 32.3 Å². The van der Waals surface area contributed by atoms with E-state index in [1.54, 1.807) is 19.2 Å². The Morgan fingerprint density at radius 1 is 1.23 bits per heavy atom. The highest BCUT2D eigenvalue weighted by molar-refractivity contribution is 6.09. The minimum atomic E-state index is -5.41. The Kier molecular flexibility index (Phi) is 5.42. The molecule has 0 bridgehead atoms. The van der Waals surface area contributed by atoms with E-state index in [1.807, 2.05) is 10.3 Å². The maximum absolute atomic E-state index is 14.3. The Morgan fingerprint density at radius 2 is 1.87 bits per heavy atom. The van der Waals surface area contributed by atoms with E-state index in [4.69, 9.17) is 4.74 Å². The molecule has 2 aromatic rings. The summed E-state index contributed by atoms with van der Waals surface area (Å²) in [7, 11) is 1.22. The number of halogens is 3. The monoisotopic (exact) mass is 440 g/mol. The maximum atomic E-state index is 14.3. The summed E-state index contributed by atoms with van der Waals surface area (Å²) in [6.07, 6.45) is -5.41. The van der Waals surface area contributed by atoms with Crippen molar-refractivity contribution in [1.82, 2.24) is 14.9 Å². The van der Waals surface area contributed by atoms with Crippen molar-refractivity contribution in [3.63, 3.8) is 0 Å². The topological polar surface area (TPSA) is 122 Å². The summed E-state index contributed by atoms with van der Waals surface area (Å²) < 4.78 is 48.8. The summed E-state index contributed by atoms with van der Waals surface area (Å²) in [5.41, 5.74) is -7.50. The number of H-pyrrole nitrogens is 1. The number of aromatic amines is 1. The van der Waals surface area contributed by atoms with Crippen LogP contribution in [0.25, 0.3) is 0 Å². The van der Waals surface area contributed by atoms with Crippen molar-refractivity contribution < 1.29 is 27.5 Å². The number of methoxy groups -OCH3 is 1. The molecule has 166 valence electrons. The summed E-state index contributed by atoms with van der Waals surface area (Å²) in [5, 5.41) is 3.65. The molecule has 0 saturated heterocycles. The molecule has 3 N–H and O–H groups in total. The van der Waals surface area contributed by atoms with Crippen molar-refractivity contribution in [2.45, 2.75) is 32.1 Å². The largest absolute Gasteiger partial charge is 0.496 e. The fourth-order valence-corrected chi connectivity index (χ4v) is 3.43. The van der Waals surface area contributed by atoms with Gasteiger partial charge in [0.05, 0.1) is 12.7 Å². The molecule has 1 aliphatic rings. The van der Waals surface area contributed by atoms with Gasteiger partial charge >= 0.3 is 11.9 Å². The zero-order chi connectivity index (χ0) is 23.1. The summed E-state index contributed by atoms with van der Waals surface area (Å²) >= 11 is 0. The molecule has 31 heavy (non-hydrogen) atoms. The van der Waals surface area contributed by atoms with Gasteiger partial charge in [-0.3, -0.25) is 23.9 Å². The molecule has 0 aliphatic carbocycles. The molecule has 3 rings (SSSR count). The summed E-state index contributed by atoms with van der Waals surface area (Å²) in [5.74, 6) is -3.83. The molecule has 0 unspecified atom stereocenters. The van der Waals surface area contributed by atoms with Gasteiger partial charge in [-0.25, -0.2) is 4.79 Å². The molecule has 1 aromatic carbocycles. The number of amides is 2. The van der Waals surface area contributed by atoms with Crippen LogP contribution in [0.5, 0.6) is 5.75 Å². The van der Waals surface area contributed by atoms with Crippen molar-refractivity contribution in [3.8, 4) is 5.75 Å². The Bertz CT molecular complexity index is 1170. The number of benzene rings is 1. The van der Waals surface area contributed by atoms with Crippen LogP contribution in [0.4, 0.5) is 19.0 Å². The third kappa shape index (κ3) is 3.47. The number of carbonyl (C=O) groups is 2.